The second kappa shape index (κ2) is 6.45. The molecular weight excluding hydrogens is 242 g/mol. The first-order valence-electron chi connectivity index (χ1n) is 6.71. The van der Waals surface area contributed by atoms with Crippen LogP contribution in [0.5, 0.6) is 11.5 Å². The van der Waals surface area contributed by atoms with E-state index in [4.69, 9.17) is 9.47 Å². The predicted octanol–water partition coefficient (Wildman–Crippen LogP) is 2.33. The zero-order chi connectivity index (χ0) is 13.7. The number of hydrogen-bond donors (Lipinski definition) is 0. The number of methoxy groups -OCH3 is 1. The number of carbonyl (C=O) groups excluding carboxylic acids is 1. The van der Waals surface area contributed by atoms with Crippen molar-refractivity contribution in [2.75, 3.05) is 26.8 Å². The van der Waals surface area contributed by atoms with Crippen LogP contribution >= 0.6 is 0 Å². The van der Waals surface area contributed by atoms with E-state index in [1.54, 1.807) is 14.0 Å². The molecule has 19 heavy (non-hydrogen) atoms. The zero-order valence-corrected chi connectivity index (χ0v) is 11.6. The number of carbonyl (C=O) groups is 1. The Hall–Kier alpha value is -1.71. The van der Waals surface area contributed by atoms with E-state index in [0.29, 0.717) is 12.5 Å². The minimum Gasteiger partial charge on any atom is -0.497 e. The Morgan fingerprint density at radius 1 is 1.32 bits per heavy atom. The molecule has 0 N–H and O–H groups in total. The molecule has 0 spiro atoms. The number of benzene rings is 1. The molecule has 4 heteroatoms. The number of amides is 1. The number of likely N-dealkylation sites (tertiary alicyclic amines) is 1. The molecule has 4 nitrogen and oxygen atoms in total. The third kappa shape index (κ3) is 3.88. The molecular formula is C15H21NO3. The summed E-state index contributed by atoms with van der Waals surface area (Å²) in [6.07, 6.45) is 2.03. The van der Waals surface area contributed by atoms with Gasteiger partial charge in [0.25, 0.3) is 0 Å². The Morgan fingerprint density at radius 2 is 2.00 bits per heavy atom. The van der Waals surface area contributed by atoms with Gasteiger partial charge in [-0.15, -0.1) is 0 Å². The van der Waals surface area contributed by atoms with E-state index in [0.717, 1.165) is 37.4 Å². The van der Waals surface area contributed by atoms with Gasteiger partial charge >= 0.3 is 0 Å². The summed E-state index contributed by atoms with van der Waals surface area (Å²) in [6.45, 7) is 4.04. The van der Waals surface area contributed by atoms with Crippen LogP contribution in [0, 0.1) is 5.92 Å². The summed E-state index contributed by atoms with van der Waals surface area (Å²) in [6, 6.07) is 7.66. The minimum atomic E-state index is 0.173. The van der Waals surface area contributed by atoms with Gasteiger partial charge in [0, 0.05) is 26.1 Å². The van der Waals surface area contributed by atoms with E-state index in [2.05, 4.69) is 0 Å². The highest BCUT2D eigenvalue weighted by molar-refractivity contribution is 5.73. The average Bonchev–Trinajstić information content (AvgIpc) is 2.46. The highest BCUT2D eigenvalue weighted by Gasteiger charge is 2.21. The fraction of sp³-hybridized carbons (Fsp3) is 0.533. The smallest absolute Gasteiger partial charge is 0.219 e. The van der Waals surface area contributed by atoms with Crippen molar-refractivity contribution in [1.82, 2.24) is 4.90 Å². The van der Waals surface area contributed by atoms with Crippen molar-refractivity contribution in [3.05, 3.63) is 24.3 Å². The fourth-order valence-corrected chi connectivity index (χ4v) is 2.32. The normalized spacial score (nSPS) is 16.2. The molecule has 0 saturated carbocycles. The molecule has 1 aromatic rings. The maximum atomic E-state index is 11.2. The van der Waals surface area contributed by atoms with Gasteiger partial charge in [0.15, 0.2) is 0 Å². The van der Waals surface area contributed by atoms with E-state index in [-0.39, 0.29) is 5.91 Å². The molecule has 1 amide bonds. The Kier molecular flexibility index (Phi) is 4.66. The molecule has 0 aromatic heterocycles. The Labute approximate surface area is 114 Å². The maximum Gasteiger partial charge on any atom is 0.219 e. The van der Waals surface area contributed by atoms with Gasteiger partial charge in [-0.05, 0) is 30.9 Å². The second-order valence-electron chi connectivity index (χ2n) is 4.94. The van der Waals surface area contributed by atoms with Crippen LogP contribution in [-0.2, 0) is 4.79 Å². The number of nitrogens with zero attached hydrogens (tertiary/aromatic N) is 1. The van der Waals surface area contributed by atoms with Gasteiger partial charge in [0.2, 0.25) is 5.91 Å². The molecule has 0 radical (unpaired) electrons. The molecule has 1 aliphatic rings. The van der Waals surface area contributed by atoms with Gasteiger partial charge in [-0.25, -0.2) is 0 Å². The quantitative estimate of drug-likeness (QED) is 0.837. The van der Waals surface area contributed by atoms with Crippen LogP contribution < -0.4 is 9.47 Å². The number of rotatable bonds is 4. The van der Waals surface area contributed by atoms with Gasteiger partial charge in [-0.3, -0.25) is 4.79 Å². The molecule has 1 aliphatic heterocycles. The van der Waals surface area contributed by atoms with E-state index in [9.17, 15) is 4.79 Å². The van der Waals surface area contributed by atoms with Crippen molar-refractivity contribution in [2.45, 2.75) is 19.8 Å². The van der Waals surface area contributed by atoms with Crippen LogP contribution in [0.15, 0.2) is 24.3 Å². The Bertz CT molecular complexity index is 425. The molecule has 2 rings (SSSR count). The van der Waals surface area contributed by atoms with Crippen LogP contribution in [0.4, 0.5) is 0 Å². The predicted molar refractivity (Wildman–Crippen MR) is 73.5 cm³/mol. The minimum absolute atomic E-state index is 0.173. The average molecular weight is 263 g/mol. The molecule has 0 atom stereocenters. The molecule has 104 valence electrons. The lowest BCUT2D eigenvalue weighted by molar-refractivity contribution is -0.130. The van der Waals surface area contributed by atoms with Crippen molar-refractivity contribution in [2.24, 2.45) is 5.92 Å². The highest BCUT2D eigenvalue weighted by atomic mass is 16.5. The van der Waals surface area contributed by atoms with Gasteiger partial charge in [0.05, 0.1) is 13.7 Å². The molecule has 1 heterocycles. The SMILES string of the molecule is COc1cccc(OCC2CCN(C(C)=O)CC2)c1. The summed E-state index contributed by atoms with van der Waals surface area (Å²) in [7, 11) is 1.65. The van der Waals surface area contributed by atoms with Crippen molar-refractivity contribution >= 4 is 5.91 Å². The van der Waals surface area contributed by atoms with E-state index >= 15 is 0 Å². The summed E-state index contributed by atoms with van der Waals surface area (Å²) in [5.74, 6) is 2.35. The molecule has 0 bridgehead atoms. The lowest BCUT2D eigenvalue weighted by atomic mass is 9.98. The first kappa shape index (κ1) is 13.7. The van der Waals surface area contributed by atoms with Crippen LogP contribution in [0.1, 0.15) is 19.8 Å². The monoisotopic (exact) mass is 263 g/mol. The van der Waals surface area contributed by atoms with Crippen molar-refractivity contribution in [1.29, 1.82) is 0 Å². The van der Waals surface area contributed by atoms with Crippen molar-refractivity contribution in [3.8, 4) is 11.5 Å². The summed E-state index contributed by atoms with van der Waals surface area (Å²) >= 11 is 0. The summed E-state index contributed by atoms with van der Waals surface area (Å²) in [5.41, 5.74) is 0. The van der Waals surface area contributed by atoms with Crippen LogP contribution in [0.2, 0.25) is 0 Å². The van der Waals surface area contributed by atoms with Gasteiger partial charge < -0.3 is 14.4 Å². The van der Waals surface area contributed by atoms with Crippen LogP contribution in [-0.4, -0.2) is 37.6 Å². The van der Waals surface area contributed by atoms with Gasteiger partial charge in [-0.1, -0.05) is 6.07 Å². The topological polar surface area (TPSA) is 38.8 Å². The lowest BCUT2D eigenvalue weighted by Crippen LogP contribution is -2.38. The third-order valence-electron chi connectivity index (χ3n) is 3.59. The van der Waals surface area contributed by atoms with E-state index in [1.807, 2.05) is 29.2 Å². The summed E-state index contributed by atoms with van der Waals surface area (Å²) in [4.78, 5) is 13.1. The molecule has 1 aromatic carbocycles. The molecule has 1 fully saturated rings. The van der Waals surface area contributed by atoms with E-state index < -0.39 is 0 Å². The maximum absolute atomic E-state index is 11.2. The summed E-state index contributed by atoms with van der Waals surface area (Å²) in [5, 5.41) is 0. The van der Waals surface area contributed by atoms with E-state index in [1.165, 1.54) is 0 Å². The highest BCUT2D eigenvalue weighted by Crippen LogP contribution is 2.22. The van der Waals surface area contributed by atoms with Gasteiger partial charge in [-0.2, -0.15) is 0 Å². The number of piperidine rings is 1. The van der Waals surface area contributed by atoms with Crippen molar-refractivity contribution in [3.63, 3.8) is 0 Å². The summed E-state index contributed by atoms with van der Waals surface area (Å²) < 4.78 is 11.0. The molecule has 0 aliphatic carbocycles. The fourth-order valence-electron chi connectivity index (χ4n) is 2.32. The largest absolute Gasteiger partial charge is 0.497 e. The molecule has 0 unspecified atom stereocenters. The Balaban J connectivity index is 1.78. The second-order valence-corrected chi connectivity index (χ2v) is 4.94. The van der Waals surface area contributed by atoms with Crippen LogP contribution in [0.3, 0.4) is 0 Å². The standard InChI is InChI=1S/C15H21NO3/c1-12(17)16-8-6-13(7-9-16)11-19-15-5-3-4-14(10-15)18-2/h3-5,10,13H,6-9,11H2,1-2H3. The lowest BCUT2D eigenvalue weighted by Gasteiger charge is -2.31. The van der Waals surface area contributed by atoms with Gasteiger partial charge in [0.1, 0.15) is 11.5 Å². The number of hydrogen-bond acceptors (Lipinski definition) is 3. The van der Waals surface area contributed by atoms with Crippen molar-refractivity contribution < 1.29 is 14.3 Å². The zero-order valence-electron chi connectivity index (χ0n) is 11.6. The first-order chi connectivity index (χ1) is 9.19. The molecule has 1 saturated heterocycles. The van der Waals surface area contributed by atoms with Crippen LogP contribution in [0.25, 0.3) is 0 Å². The third-order valence-corrected chi connectivity index (χ3v) is 3.59. The number of ether oxygens (including phenoxy) is 2. The first-order valence-corrected chi connectivity index (χ1v) is 6.71. The Morgan fingerprint density at radius 3 is 2.63 bits per heavy atom.